The van der Waals surface area contributed by atoms with Crippen molar-refractivity contribution in [2.75, 3.05) is 26.0 Å². The average Bonchev–Trinajstić information content (AvgIpc) is 2.92. The molecule has 0 aromatic heterocycles. The van der Waals surface area contributed by atoms with Crippen LogP contribution in [0.3, 0.4) is 0 Å². The summed E-state index contributed by atoms with van der Waals surface area (Å²) in [4.78, 5) is 12.0. The highest BCUT2D eigenvalue weighted by atomic mass is 32.2. The number of carbonyl (C=O) groups is 1. The zero-order valence-corrected chi connectivity index (χ0v) is 19.3. The number of hydrogen-bond acceptors (Lipinski definition) is 4. The molecule has 0 N–H and O–H groups in total. The molecule has 1 heterocycles. The van der Waals surface area contributed by atoms with Gasteiger partial charge in [-0.05, 0) is 65.7 Å². The normalized spacial score (nSPS) is 19.7. The van der Waals surface area contributed by atoms with Crippen molar-refractivity contribution in [3.8, 4) is 0 Å². The Labute approximate surface area is 190 Å². The largest absolute Gasteiger partial charge is 0.463 e. The van der Waals surface area contributed by atoms with Crippen LogP contribution in [0.4, 0.5) is 0 Å². The van der Waals surface area contributed by atoms with E-state index < -0.39 is 10.0 Å². The highest BCUT2D eigenvalue weighted by Crippen LogP contribution is 2.45. The van der Waals surface area contributed by atoms with Crippen molar-refractivity contribution in [3.05, 3.63) is 82.9 Å². The van der Waals surface area contributed by atoms with E-state index in [2.05, 4.69) is 42.5 Å². The van der Waals surface area contributed by atoms with Crippen molar-refractivity contribution in [2.45, 2.75) is 25.7 Å². The highest BCUT2D eigenvalue weighted by molar-refractivity contribution is 7.88. The van der Waals surface area contributed by atoms with E-state index >= 15 is 0 Å². The van der Waals surface area contributed by atoms with E-state index in [1.165, 1.54) is 23.5 Å². The molecule has 0 radical (unpaired) electrons. The van der Waals surface area contributed by atoms with E-state index in [-0.39, 0.29) is 11.9 Å². The molecule has 2 aromatic carbocycles. The number of carbonyl (C=O) groups excluding carboxylic acids is 1. The minimum absolute atomic E-state index is 0.161. The standard InChI is InChI=1S/C26H29NO4S/c1-3-31-25(28)13-12-21-18-20-8-4-5-10-23(20)26(24-11-7-6-9-22(21)24)19-14-16-27(17-15-19)32(2,29)30/h4-13,18-19,26H,3,14-17H2,1-2H3. The molecule has 6 heteroatoms. The molecule has 5 nitrogen and oxygen atoms in total. The lowest BCUT2D eigenvalue weighted by Crippen LogP contribution is -2.39. The van der Waals surface area contributed by atoms with E-state index in [4.69, 9.17) is 4.74 Å². The second kappa shape index (κ2) is 9.43. The van der Waals surface area contributed by atoms with Gasteiger partial charge >= 0.3 is 5.97 Å². The van der Waals surface area contributed by atoms with Crippen molar-refractivity contribution < 1.29 is 17.9 Å². The summed E-state index contributed by atoms with van der Waals surface area (Å²) in [6.07, 6.45) is 8.37. The number of fused-ring (bicyclic) bond motifs is 2. The smallest absolute Gasteiger partial charge is 0.330 e. The number of rotatable bonds is 5. The van der Waals surface area contributed by atoms with Gasteiger partial charge in [0.15, 0.2) is 0 Å². The molecule has 32 heavy (non-hydrogen) atoms. The molecule has 1 fully saturated rings. The van der Waals surface area contributed by atoms with Crippen molar-refractivity contribution in [3.63, 3.8) is 0 Å². The van der Waals surface area contributed by atoms with Crippen molar-refractivity contribution >= 4 is 27.6 Å². The maximum atomic E-state index is 12.0. The summed E-state index contributed by atoms with van der Waals surface area (Å²) in [7, 11) is -3.17. The zero-order chi connectivity index (χ0) is 22.7. The minimum atomic E-state index is -3.17. The number of esters is 1. The van der Waals surface area contributed by atoms with E-state index in [9.17, 15) is 13.2 Å². The first-order valence-corrected chi connectivity index (χ1v) is 12.9. The van der Waals surface area contributed by atoms with Gasteiger partial charge in [-0.3, -0.25) is 0 Å². The molecule has 1 atom stereocenters. The van der Waals surface area contributed by atoms with Crippen LogP contribution in [0.1, 0.15) is 47.9 Å². The third-order valence-electron chi connectivity index (χ3n) is 6.37. The molecular weight excluding hydrogens is 422 g/mol. The van der Waals surface area contributed by atoms with Gasteiger partial charge in [0.05, 0.1) is 12.9 Å². The molecule has 0 spiro atoms. The van der Waals surface area contributed by atoms with Crippen LogP contribution < -0.4 is 0 Å². The highest BCUT2D eigenvalue weighted by Gasteiger charge is 2.34. The number of nitrogens with zero attached hydrogens (tertiary/aromatic N) is 1. The van der Waals surface area contributed by atoms with Crippen LogP contribution in [-0.2, 0) is 19.6 Å². The van der Waals surface area contributed by atoms with Crippen LogP contribution in [0.25, 0.3) is 11.6 Å². The molecule has 1 saturated heterocycles. The summed E-state index contributed by atoms with van der Waals surface area (Å²) < 4.78 is 30.7. The van der Waals surface area contributed by atoms with Gasteiger partial charge in [-0.25, -0.2) is 17.5 Å². The molecule has 1 aliphatic heterocycles. The maximum absolute atomic E-state index is 12.0. The van der Waals surface area contributed by atoms with Crippen LogP contribution in [-0.4, -0.2) is 44.6 Å². The Morgan fingerprint density at radius 3 is 2.41 bits per heavy atom. The van der Waals surface area contributed by atoms with E-state index in [0.717, 1.165) is 29.5 Å². The SMILES string of the molecule is CCOC(=O)C=CC1=Cc2ccccc2C(C2CCN(S(C)(=O)=O)CC2)c2ccccc21. The second-order valence-corrected chi connectivity index (χ2v) is 10.4. The number of piperidine rings is 1. The lowest BCUT2D eigenvalue weighted by molar-refractivity contribution is -0.137. The molecule has 0 bridgehead atoms. The molecule has 2 aromatic rings. The van der Waals surface area contributed by atoms with Crippen LogP contribution in [0.5, 0.6) is 0 Å². The van der Waals surface area contributed by atoms with Crippen LogP contribution in [0.15, 0.2) is 60.7 Å². The van der Waals surface area contributed by atoms with Gasteiger partial charge in [-0.15, -0.1) is 0 Å². The van der Waals surface area contributed by atoms with Gasteiger partial charge in [0.25, 0.3) is 0 Å². The fourth-order valence-electron chi connectivity index (χ4n) is 4.90. The lowest BCUT2D eigenvalue weighted by Gasteiger charge is -2.36. The summed E-state index contributed by atoms with van der Waals surface area (Å²) in [5.74, 6) is 0.138. The van der Waals surface area contributed by atoms with Gasteiger partial charge in [0.1, 0.15) is 0 Å². The van der Waals surface area contributed by atoms with E-state index in [1.807, 2.05) is 18.2 Å². The van der Waals surface area contributed by atoms with Crippen LogP contribution in [0, 0.1) is 5.92 Å². The predicted octanol–water partition coefficient (Wildman–Crippen LogP) is 4.46. The zero-order valence-electron chi connectivity index (χ0n) is 18.5. The molecule has 1 unspecified atom stereocenters. The lowest BCUT2D eigenvalue weighted by atomic mass is 9.74. The van der Waals surface area contributed by atoms with Gasteiger partial charge < -0.3 is 4.74 Å². The first kappa shape index (κ1) is 22.5. The number of allylic oxidation sites excluding steroid dienone is 2. The molecule has 0 amide bonds. The molecular formula is C26H29NO4S. The first-order valence-electron chi connectivity index (χ1n) is 11.1. The maximum Gasteiger partial charge on any atom is 0.330 e. The Bertz CT molecular complexity index is 1160. The Hall–Kier alpha value is -2.70. The summed E-state index contributed by atoms with van der Waals surface area (Å²) >= 11 is 0. The third-order valence-corrected chi connectivity index (χ3v) is 7.68. The quantitative estimate of drug-likeness (QED) is 0.497. The topological polar surface area (TPSA) is 63.7 Å². The van der Waals surface area contributed by atoms with Crippen molar-refractivity contribution in [2.24, 2.45) is 5.92 Å². The average molecular weight is 452 g/mol. The number of ether oxygens (including phenoxy) is 1. The molecule has 0 saturated carbocycles. The van der Waals surface area contributed by atoms with Crippen molar-refractivity contribution in [1.82, 2.24) is 4.31 Å². The molecule has 2 aliphatic rings. The van der Waals surface area contributed by atoms with Gasteiger partial charge in [-0.1, -0.05) is 48.5 Å². The summed E-state index contributed by atoms with van der Waals surface area (Å²) in [6, 6.07) is 16.7. The predicted molar refractivity (Wildman–Crippen MR) is 128 cm³/mol. The monoisotopic (exact) mass is 451 g/mol. The minimum Gasteiger partial charge on any atom is -0.463 e. The van der Waals surface area contributed by atoms with Gasteiger partial charge in [-0.2, -0.15) is 0 Å². The fraction of sp³-hybridized carbons (Fsp3) is 0.346. The fourth-order valence-corrected chi connectivity index (χ4v) is 5.78. The number of benzene rings is 2. The summed E-state index contributed by atoms with van der Waals surface area (Å²) in [6.45, 7) is 3.23. The first-order chi connectivity index (χ1) is 15.4. The Kier molecular flexibility index (Phi) is 6.63. The van der Waals surface area contributed by atoms with Crippen LogP contribution in [0.2, 0.25) is 0 Å². The van der Waals surface area contributed by atoms with E-state index in [1.54, 1.807) is 11.2 Å². The second-order valence-electron chi connectivity index (χ2n) is 8.38. The number of sulfonamides is 1. The summed E-state index contributed by atoms with van der Waals surface area (Å²) in [5, 5.41) is 0. The summed E-state index contributed by atoms with van der Waals surface area (Å²) in [5.41, 5.74) is 5.66. The third kappa shape index (κ3) is 4.71. The van der Waals surface area contributed by atoms with Crippen molar-refractivity contribution in [1.29, 1.82) is 0 Å². The Morgan fingerprint density at radius 2 is 1.72 bits per heavy atom. The molecule has 4 rings (SSSR count). The van der Waals surface area contributed by atoms with Gasteiger partial charge in [0, 0.05) is 25.1 Å². The molecule has 1 aliphatic carbocycles. The number of hydrogen-bond donors (Lipinski definition) is 0. The Morgan fingerprint density at radius 1 is 1.06 bits per heavy atom. The Balaban J connectivity index is 1.76. The van der Waals surface area contributed by atoms with Crippen LogP contribution >= 0.6 is 0 Å². The molecule has 168 valence electrons. The van der Waals surface area contributed by atoms with E-state index in [0.29, 0.717) is 25.6 Å². The van der Waals surface area contributed by atoms with Gasteiger partial charge in [0.2, 0.25) is 10.0 Å².